The van der Waals surface area contributed by atoms with Gasteiger partial charge in [0.05, 0.1) is 4.92 Å². The molecule has 9 heteroatoms. The zero-order chi connectivity index (χ0) is 23.3. The van der Waals surface area contributed by atoms with Gasteiger partial charge in [0, 0.05) is 54.6 Å². The van der Waals surface area contributed by atoms with Gasteiger partial charge < -0.3 is 15.1 Å². The number of hydrogen-bond donors (Lipinski definition) is 1. The molecule has 1 saturated heterocycles. The largest absolute Gasteiger partial charge is 0.368 e. The summed E-state index contributed by atoms with van der Waals surface area (Å²) in [6.45, 7) is 6.20. The molecule has 0 aromatic heterocycles. The standard InChI is InChI=1S/C23H27ClN4O4/c1-3-16(2)21(25-22(29)17-4-6-18(24)7-5-17)23(30)27-14-12-26(13-15-27)19-8-10-20(11-9-19)28(31)32/h4-11,16,21H,3,12-15H2,1-2H3,(H,25,29). The number of amides is 2. The van der Waals surface area contributed by atoms with Crippen molar-refractivity contribution in [2.75, 3.05) is 31.1 Å². The fraction of sp³-hybridized carbons (Fsp3) is 0.391. The highest BCUT2D eigenvalue weighted by Gasteiger charge is 2.32. The highest BCUT2D eigenvalue weighted by atomic mass is 35.5. The molecule has 1 heterocycles. The Morgan fingerprint density at radius 3 is 2.19 bits per heavy atom. The second kappa shape index (κ2) is 10.5. The average molecular weight is 459 g/mol. The van der Waals surface area contributed by atoms with Gasteiger partial charge in [0.15, 0.2) is 0 Å². The van der Waals surface area contributed by atoms with Gasteiger partial charge in [0.2, 0.25) is 5.91 Å². The fourth-order valence-corrected chi connectivity index (χ4v) is 3.80. The Hall–Kier alpha value is -3.13. The van der Waals surface area contributed by atoms with Crippen LogP contribution in [0.25, 0.3) is 0 Å². The number of halogens is 1. The summed E-state index contributed by atoms with van der Waals surface area (Å²) >= 11 is 5.90. The first-order chi connectivity index (χ1) is 15.3. The zero-order valence-corrected chi connectivity index (χ0v) is 18.9. The van der Waals surface area contributed by atoms with E-state index in [9.17, 15) is 19.7 Å². The summed E-state index contributed by atoms with van der Waals surface area (Å²) in [5, 5.41) is 14.3. The molecule has 8 nitrogen and oxygen atoms in total. The number of nitro benzene ring substituents is 1. The van der Waals surface area contributed by atoms with Crippen molar-refractivity contribution in [3.05, 3.63) is 69.2 Å². The second-order valence-electron chi connectivity index (χ2n) is 7.93. The van der Waals surface area contributed by atoms with Crippen LogP contribution in [-0.4, -0.2) is 53.9 Å². The van der Waals surface area contributed by atoms with E-state index in [-0.39, 0.29) is 23.4 Å². The van der Waals surface area contributed by atoms with Gasteiger partial charge in [-0.15, -0.1) is 0 Å². The molecule has 1 N–H and O–H groups in total. The Morgan fingerprint density at radius 1 is 1.06 bits per heavy atom. The van der Waals surface area contributed by atoms with Crippen LogP contribution in [0.5, 0.6) is 0 Å². The first kappa shape index (κ1) is 23.5. The van der Waals surface area contributed by atoms with Gasteiger partial charge in [-0.2, -0.15) is 0 Å². The van der Waals surface area contributed by atoms with E-state index in [0.29, 0.717) is 36.8 Å². The van der Waals surface area contributed by atoms with Crippen molar-refractivity contribution in [2.24, 2.45) is 5.92 Å². The smallest absolute Gasteiger partial charge is 0.269 e. The molecule has 3 rings (SSSR count). The monoisotopic (exact) mass is 458 g/mol. The molecule has 0 bridgehead atoms. The van der Waals surface area contributed by atoms with Gasteiger partial charge >= 0.3 is 0 Å². The van der Waals surface area contributed by atoms with Crippen LogP contribution < -0.4 is 10.2 Å². The lowest BCUT2D eigenvalue weighted by Crippen LogP contribution is -2.56. The van der Waals surface area contributed by atoms with Gasteiger partial charge in [-0.1, -0.05) is 31.9 Å². The van der Waals surface area contributed by atoms with E-state index < -0.39 is 11.0 Å². The molecule has 32 heavy (non-hydrogen) atoms. The quantitative estimate of drug-likeness (QED) is 0.503. The minimum Gasteiger partial charge on any atom is -0.368 e. The third-order valence-corrected chi connectivity index (χ3v) is 6.14. The van der Waals surface area contributed by atoms with Crippen LogP contribution in [-0.2, 0) is 4.79 Å². The minimum atomic E-state index is -0.617. The highest BCUT2D eigenvalue weighted by molar-refractivity contribution is 6.30. The second-order valence-corrected chi connectivity index (χ2v) is 8.37. The van der Waals surface area contributed by atoms with Crippen LogP contribution in [0.1, 0.15) is 30.6 Å². The molecule has 1 aliphatic rings. The molecule has 0 aliphatic carbocycles. The molecule has 0 radical (unpaired) electrons. The minimum absolute atomic E-state index is 0.0218. The SMILES string of the molecule is CCC(C)C(NC(=O)c1ccc(Cl)cc1)C(=O)N1CCN(c2ccc([N+](=O)[O-])cc2)CC1. The van der Waals surface area contributed by atoms with Crippen molar-refractivity contribution in [2.45, 2.75) is 26.3 Å². The lowest BCUT2D eigenvalue weighted by atomic mass is 9.97. The Bertz CT molecular complexity index is 957. The van der Waals surface area contributed by atoms with Crippen LogP contribution in [0, 0.1) is 16.0 Å². The molecule has 170 valence electrons. The lowest BCUT2D eigenvalue weighted by Gasteiger charge is -2.38. The molecular weight excluding hydrogens is 432 g/mol. The van der Waals surface area contributed by atoms with Crippen molar-refractivity contribution < 1.29 is 14.5 Å². The Balaban J connectivity index is 1.64. The zero-order valence-electron chi connectivity index (χ0n) is 18.2. The number of carbonyl (C=O) groups is 2. The molecular formula is C23H27ClN4O4. The van der Waals surface area contributed by atoms with Crippen molar-refractivity contribution in [1.82, 2.24) is 10.2 Å². The maximum absolute atomic E-state index is 13.3. The van der Waals surface area contributed by atoms with Crippen LogP contribution in [0.3, 0.4) is 0 Å². The maximum Gasteiger partial charge on any atom is 0.269 e. The summed E-state index contributed by atoms with van der Waals surface area (Å²) < 4.78 is 0. The van der Waals surface area contributed by atoms with Crippen molar-refractivity contribution >= 4 is 34.8 Å². The van der Waals surface area contributed by atoms with Gasteiger partial charge in [-0.25, -0.2) is 0 Å². The van der Waals surface area contributed by atoms with Crippen LogP contribution in [0.2, 0.25) is 5.02 Å². The van der Waals surface area contributed by atoms with E-state index in [1.807, 2.05) is 13.8 Å². The summed E-state index contributed by atoms with van der Waals surface area (Å²) in [6, 6.07) is 12.4. The van der Waals surface area contributed by atoms with Crippen molar-refractivity contribution in [1.29, 1.82) is 0 Å². The Morgan fingerprint density at radius 2 is 1.66 bits per heavy atom. The molecule has 2 unspecified atom stereocenters. The molecule has 1 fully saturated rings. The highest BCUT2D eigenvalue weighted by Crippen LogP contribution is 2.21. The summed E-state index contributed by atoms with van der Waals surface area (Å²) in [7, 11) is 0. The summed E-state index contributed by atoms with van der Waals surface area (Å²) in [5.41, 5.74) is 1.39. The molecule has 0 spiro atoms. The summed E-state index contributed by atoms with van der Waals surface area (Å²) in [6.07, 6.45) is 0.750. The predicted octanol–water partition coefficient (Wildman–Crippen LogP) is 3.74. The third-order valence-electron chi connectivity index (χ3n) is 5.89. The number of rotatable bonds is 7. The number of nitrogens with one attached hydrogen (secondary N) is 1. The van der Waals surface area contributed by atoms with E-state index in [1.165, 1.54) is 12.1 Å². The number of non-ortho nitro benzene ring substituents is 1. The molecule has 2 atom stereocenters. The fourth-order valence-electron chi connectivity index (χ4n) is 3.68. The number of hydrogen-bond acceptors (Lipinski definition) is 5. The van der Waals surface area contributed by atoms with Gasteiger partial charge in [-0.05, 0) is 42.3 Å². The Kier molecular flexibility index (Phi) is 7.69. The third kappa shape index (κ3) is 5.56. The number of piperazine rings is 1. The van der Waals surface area contributed by atoms with E-state index in [2.05, 4.69) is 10.2 Å². The summed E-state index contributed by atoms with van der Waals surface area (Å²) in [5.74, 6) is -0.415. The normalized spacial score (nSPS) is 15.7. The number of carbonyl (C=O) groups excluding carboxylic acids is 2. The van der Waals surface area contributed by atoms with Gasteiger partial charge in [0.25, 0.3) is 11.6 Å². The van der Waals surface area contributed by atoms with Crippen LogP contribution in [0.4, 0.5) is 11.4 Å². The number of nitro groups is 1. The number of nitrogens with zero attached hydrogens (tertiary/aromatic N) is 3. The van der Waals surface area contributed by atoms with E-state index in [1.54, 1.807) is 41.3 Å². The first-order valence-electron chi connectivity index (χ1n) is 10.6. The average Bonchev–Trinajstić information content (AvgIpc) is 2.82. The van der Waals surface area contributed by atoms with Crippen molar-refractivity contribution in [3.8, 4) is 0 Å². The van der Waals surface area contributed by atoms with Crippen molar-refractivity contribution in [3.63, 3.8) is 0 Å². The molecule has 2 aromatic carbocycles. The lowest BCUT2D eigenvalue weighted by molar-refractivity contribution is -0.384. The molecule has 2 amide bonds. The van der Waals surface area contributed by atoms with Gasteiger partial charge in [-0.3, -0.25) is 19.7 Å². The van der Waals surface area contributed by atoms with Gasteiger partial charge in [0.1, 0.15) is 6.04 Å². The predicted molar refractivity (Wildman–Crippen MR) is 124 cm³/mol. The van der Waals surface area contributed by atoms with Crippen LogP contribution >= 0.6 is 11.6 Å². The molecule has 0 saturated carbocycles. The Labute approximate surface area is 192 Å². The topological polar surface area (TPSA) is 95.8 Å². The van der Waals surface area contributed by atoms with E-state index in [4.69, 9.17) is 11.6 Å². The molecule has 2 aromatic rings. The van der Waals surface area contributed by atoms with Crippen LogP contribution in [0.15, 0.2) is 48.5 Å². The number of benzene rings is 2. The maximum atomic E-state index is 13.3. The van der Waals surface area contributed by atoms with E-state index >= 15 is 0 Å². The number of anilines is 1. The first-order valence-corrected chi connectivity index (χ1v) is 11.0. The molecule has 1 aliphatic heterocycles. The summed E-state index contributed by atoms with van der Waals surface area (Å²) in [4.78, 5) is 40.3. The van der Waals surface area contributed by atoms with E-state index in [0.717, 1.165) is 12.1 Å².